The van der Waals surface area contributed by atoms with Gasteiger partial charge < -0.3 is 5.32 Å². The molecule has 1 aliphatic carbocycles. The Labute approximate surface area is 112 Å². The van der Waals surface area contributed by atoms with Crippen LogP contribution in [0.25, 0.3) is 0 Å². The summed E-state index contributed by atoms with van der Waals surface area (Å²) >= 11 is 0. The van der Waals surface area contributed by atoms with E-state index in [-0.39, 0.29) is 0 Å². The molecule has 1 saturated heterocycles. The molecule has 3 atom stereocenters. The highest BCUT2D eigenvalue weighted by Gasteiger charge is 2.28. The Hall–Kier alpha value is -0.370. The third kappa shape index (κ3) is 4.08. The number of carbonyl (C=O) groups excluding carboxylic acids is 1. The lowest BCUT2D eigenvalue weighted by Crippen LogP contribution is -2.35. The molecule has 0 aromatic carbocycles. The van der Waals surface area contributed by atoms with Crippen molar-refractivity contribution in [3.05, 3.63) is 0 Å². The Balaban J connectivity index is 1.73. The third-order valence-corrected chi connectivity index (χ3v) is 4.79. The molecule has 2 aliphatic rings. The molecule has 0 amide bonds. The molecule has 0 aromatic heterocycles. The minimum absolute atomic E-state index is 0.368. The minimum Gasteiger partial charge on any atom is -0.314 e. The zero-order valence-electron chi connectivity index (χ0n) is 12.1. The summed E-state index contributed by atoms with van der Waals surface area (Å²) in [5.74, 6) is 2.40. The van der Waals surface area contributed by atoms with Crippen LogP contribution >= 0.6 is 0 Å². The number of piperidine rings is 1. The molecule has 2 nitrogen and oxygen atoms in total. The Morgan fingerprint density at radius 3 is 2.44 bits per heavy atom. The van der Waals surface area contributed by atoms with Gasteiger partial charge in [-0.05, 0) is 56.9 Å². The van der Waals surface area contributed by atoms with Crippen LogP contribution in [-0.2, 0) is 4.79 Å². The van der Waals surface area contributed by atoms with Crippen molar-refractivity contribution in [3.8, 4) is 0 Å². The first kappa shape index (κ1) is 14.0. The van der Waals surface area contributed by atoms with Crippen LogP contribution in [0.15, 0.2) is 0 Å². The number of ketones is 1. The Kier molecular flexibility index (Phi) is 5.23. The lowest BCUT2D eigenvalue weighted by atomic mass is 9.74. The molecule has 0 bridgehead atoms. The normalized spacial score (nSPS) is 37.4. The first-order valence-corrected chi connectivity index (χ1v) is 7.91. The Morgan fingerprint density at radius 1 is 1.11 bits per heavy atom. The summed E-state index contributed by atoms with van der Waals surface area (Å²) in [6.07, 6.45) is 9.38. The van der Waals surface area contributed by atoms with Gasteiger partial charge in [-0.3, -0.25) is 4.79 Å². The van der Waals surface area contributed by atoms with Crippen LogP contribution in [-0.4, -0.2) is 18.4 Å². The molecule has 2 heteroatoms. The number of nitrogens with one attached hydrogen (secondary N) is 1. The van der Waals surface area contributed by atoms with E-state index in [0.29, 0.717) is 17.7 Å². The maximum atomic E-state index is 12.3. The third-order valence-electron chi connectivity index (χ3n) is 4.79. The van der Waals surface area contributed by atoms with Crippen LogP contribution in [0.3, 0.4) is 0 Å². The van der Waals surface area contributed by atoms with Crippen LogP contribution in [0.5, 0.6) is 0 Å². The van der Waals surface area contributed by atoms with Crippen LogP contribution in [0, 0.1) is 17.8 Å². The quantitative estimate of drug-likeness (QED) is 0.828. The summed E-state index contributed by atoms with van der Waals surface area (Å²) in [4.78, 5) is 12.3. The Bertz CT molecular complexity index is 260. The van der Waals surface area contributed by atoms with Gasteiger partial charge in [0.2, 0.25) is 0 Å². The van der Waals surface area contributed by atoms with Crippen LogP contribution in [0.1, 0.15) is 65.2 Å². The van der Waals surface area contributed by atoms with E-state index in [1.54, 1.807) is 0 Å². The molecule has 0 aromatic rings. The molecular formula is C16H29NO. The fraction of sp³-hybridized carbons (Fsp3) is 0.938. The lowest BCUT2D eigenvalue weighted by molar-refractivity contribution is -0.125. The van der Waals surface area contributed by atoms with Crippen molar-refractivity contribution in [3.63, 3.8) is 0 Å². The van der Waals surface area contributed by atoms with Gasteiger partial charge in [0.15, 0.2) is 0 Å². The molecule has 18 heavy (non-hydrogen) atoms. The molecule has 0 spiro atoms. The van der Waals surface area contributed by atoms with Crippen molar-refractivity contribution in [2.45, 2.75) is 71.3 Å². The highest BCUT2D eigenvalue weighted by Crippen LogP contribution is 2.34. The zero-order valence-corrected chi connectivity index (χ0v) is 12.1. The maximum absolute atomic E-state index is 12.3. The molecule has 2 rings (SSSR count). The van der Waals surface area contributed by atoms with Gasteiger partial charge in [0.25, 0.3) is 0 Å². The van der Waals surface area contributed by atoms with Gasteiger partial charge in [-0.2, -0.15) is 0 Å². The monoisotopic (exact) mass is 251 g/mol. The van der Waals surface area contributed by atoms with E-state index in [1.165, 1.54) is 25.7 Å². The van der Waals surface area contributed by atoms with E-state index in [0.717, 1.165) is 44.1 Å². The van der Waals surface area contributed by atoms with Crippen molar-refractivity contribution < 1.29 is 4.79 Å². The van der Waals surface area contributed by atoms with Gasteiger partial charge in [0.1, 0.15) is 5.78 Å². The lowest BCUT2D eigenvalue weighted by Gasteiger charge is -2.31. The summed E-state index contributed by atoms with van der Waals surface area (Å²) in [7, 11) is 0. The predicted octanol–water partition coefficient (Wildman–Crippen LogP) is 3.55. The standard InChI is InChI=1S/C16H29NO/c1-12-9-13(2)11-14(10-12)16(18)7-6-15-5-3-4-8-17-15/h12-15,17H,3-11H2,1-2H3. The highest BCUT2D eigenvalue weighted by atomic mass is 16.1. The van der Waals surface area contributed by atoms with Gasteiger partial charge in [-0.1, -0.05) is 20.3 Å². The first-order chi connectivity index (χ1) is 8.65. The summed E-state index contributed by atoms with van der Waals surface area (Å²) in [6, 6.07) is 0.612. The maximum Gasteiger partial charge on any atom is 0.136 e. The molecule has 1 heterocycles. The molecule has 0 radical (unpaired) electrons. The van der Waals surface area contributed by atoms with Gasteiger partial charge >= 0.3 is 0 Å². The average Bonchev–Trinajstić information content (AvgIpc) is 2.36. The van der Waals surface area contributed by atoms with E-state index in [4.69, 9.17) is 0 Å². The van der Waals surface area contributed by atoms with Gasteiger partial charge in [-0.15, -0.1) is 0 Å². The second kappa shape index (κ2) is 6.70. The largest absolute Gasteiger partial charge is 0.314 e. The van der Waals surface area contributed by atoms with E-state index >= 15 is 0 Å². The van der Waals surface area contributed by atoms with Gasteiger partial charge in [-0.25, -0.2) is 0 Å². The summed E-state index contributed by atoms with van der Waals surface area (Å²) in [6.45, 7) is 5.76. The van der Waals surface area contributed by atoms with Crippen LogP contribution in [0.4, 0.5) is 0 Å². The van der Waals surface area contributed by atoms with E-state index < -0.39 is 0 Å². The summed E-state index contributed by atoms with van der Waals surface area (Å²) < 4.78 is 0. The number of rotatable bonds is 4. The second-order valence-corrected chi connectivity index (χ2v) is 6.77. The van der Waals surface area contributed by atoms with Gasteiger partial charge in [0, 0.05) is 18.4 Å². The van der Waals surface area contributed by atoms with Crippen LogP contribution < -0.4 is 5.32 Å². The van der Waals surface area contributed by atoms with Crippen molar-refractivity contribution >= 4 is 5.78 Å². The minimum atomic E-state index is 0.368. The van der Waals surface area contributed by atoms with Crippen molar-refractivity contribution in [2.24, 2.45) is 17.8 Å². The van der Waals surface area contributed by atoms with E-state index in [2.05, 4.69) is 19.2 Å². The van der Waals surface area contributed by atoms with E-state index in [1.807, 2.05) is 0 Å². The Morgan fingerprint density at radius 2 is 1.83 bits per heavy atom. The van der Waals surface area contributed by atoms with E-state index in [9.17, 15) is 4.79 Å². The molecular weight excluding hydrogens is 222 g/mol. The summed E-state index contributed by atoms with van der Waals surface area (Å²) in [5, 5.41) is 3.54. The predicted molar refractivity (Wildman–Crippen MR) is 75.6 cm³/mol. The van der Waals surface area contributed by atoms with Crippen molar-refractivity contribution in [1.82, 2.24) is 5.32 Å². The van der Waals surface area contributed by atoms with Crippen LogP contribution in [0.2, 0.25) is 0 Å². The molecule has 2 fully saturated rings. The number of hydrogen-bond acceptors (Lipinski definition) is 2. The number of Topliss-reactive ketones (excluding diaryl/α,β-unsaturated/α-hetero) is 1. The molecule has 3 unspecified atom stereocenters. The SMILES string of the molecule is CC1CC(C)CC(C(=O)CCC2CCCCN2)C1. The topological polar surface area (TPSA) is 29.1 Å². The molecule has 1 aliphatic heterocycles. The van der Waals surface area contributed by atoms with Crippen molar-refractivity contribution in [1.29, 1.82) is 0 Å². The average molecular weight is 251 g/mol. The number of carbonyl (C=O) groups is 1. The number of hydrogen-bond donors (Lipinski definition) is 1. The molecule has 1 N–H and O–H groups in total. The second-order valence-electron chi connectivity index (χ2n) is 6.77. The first-order valence-electron chi connectivity index (χ1n) is 7.91. The fourth-order valence-corrected chi connectivity index (χ4v) is 3.90. The summed E-state index contributed by atoms with van der Waals surface area (Å²) in [5.41, 5.74) is 0. The van der Waals surface area contributed by atoms with Gasteiger partial charge in [0.05, 0.1) is 0 Å². The van der Waals surface area contributed by atoms with Crippen molar-refractivity contribution in [2.75, 3.05) is 6.54 Å². The smallest absolute Gasteiger partial charge is 0.136 e. The zero-order chi connectivity index (χ0) is 13.0. The molecule has 104 valence electrons. The fourth-order valence-electron chi connectivity index (χ4n) is 3.90. The highest BCUT2D eigenvalue weighted by molar-refractivity contribution is 5.81. The molecule has 1 saturated carbocycles.